The Balaban J connectivity index is 2.40. The van der Waals surface area contributed by atoms with Gasteiger partial charge in [0.2, 0.25) is 5.69 Å². The third kappa shape index (κ3) is 3.59. The fraction of sp³-hybridized carbons (Fsp3) is 0.0714. The van der Waals surface area contributed by atoms with E-state index < -0.39 is 21.2 Å². The number of hydrogen-bond acceptors (Lipinski definition) is 7. The highest BCUT2D eigenvalue weighted by atomic mass is 16.6. The van der Waals surface area contributed by atoms with Gasteiger partial charge in [-0.25, -0.2) is 0 Å². The second-order valence-corrected chi connectivity index (χ2v) is 4.62. The van der Waals surface area contributed by atoms with E-state index in [0.717, 1.165) is 0 Å². The summed E-state index contributed by atoms with van der Waals surface area (Å²) >= 11 is 0. The van der Waals surface area contributed by atoms with Crippen LogP contribution in [0.15, 0.2) is 41.5 Å². The molecule has 0 radical (unpaired) electrons. The van der Waals surface area contributed by atoms with E-state index in [1.54, 1.807) is 18.2 Å². The molecule has 0 amide bonds. The molecule has 0 atom stereocenters. The minimum Gasteiger partial charge on any atom is -0.507 e. The Labute approximate surface area is 130 Å². The standard InChI is InChI=1S/C14H12N4O5/c1-9-6-11(17(20)21)14(12(7-9)18(22)23)16-15-8-10-4-2-3-5-13(10)19/h2-8,16,19H,1H3/b15-8+. The number of nitro groups is 2. The minimum absolute atomic E-state index is 0.0362. The predicted octanol–water partition coefficient (Wildman–Crippen LogP) is 2.96. The lowest BCUT2D eigenvalue weighted by Crippen LogP contribution is -2.02. The van der Waals surface area contributed by atoms with Crippen molar-refractivity contribution in [1.82, 2.24) is 0 Å². The van der Waals surface area contributed by atoms with Gasteiger partial charge < -0.3 is 5.11 Å². The second-order valence-electron chi connectivity index (χ2n) is 4.62. The highest BCUT2D eigenvalue weighted by Crippen LogP contribution is 2.35. The molecular weight excluding hydrogens is 304 g/mol. The average Bonchev–Trinajstić information content (AvgIpc) is 2.49. The van der Waals surface area contributed by atoms with Crippen molar-refractivity contribution in [2.45, 2.75) is 6.92 Å². The van der Waals surface area contributed by atoms with Crippen molar-refractivity contribution >= 4 is 23.3 Å². The third-order valence-electron chi connectivity index (χ3n) is 2.95. The fourth-order valence-corrected chi connectivity index (χ4v) is 1.91. The number of rotatable bonds is 5. The monoisotopic (exact) mass is 316 g/mol. The molecule has 118 valence electrons. The highest BCUT2D eigenvalue weighted by molar-refractivity contribution is 5.84. The number of para-hydroxylation sites is 1. The summed E-state index contributed by atoms with van der Waals surface area (Å²) in [5, 5.41) is 35.5. The lowest BCUT2D eigenvalue weighted by Gasteiger charge is -2.05. The van der Waals surface area contributed by atoms with Gasteiger partial charge in [0.25, 0.3) is 0 Å². The van der Waals surface area contributed by atoms with E-state index in [4.69, 9.17) is 0 Å². The Morgan fingerprint density at radius 1 is 1.13 bits per heavy atom. The first-order valence-electron chi connectivity index (χ1n) is 6.40. The molecule has 0 fully saturated rings. The van der Waals surface area contributed by atoms with Crippen LogP contribution in [0.2, 0.25) is 0 Å². The van der Waals surface area contributed by atoms with Gasteiger partial charge in [-0.05, 0) is 24.6 Å². The molecule has 0 saturated carbocycles. The van der Waals surface area contributed by atoms with Crippen LogP contribution < -0.4 is 5.43 Å². The zero-order valence-electron chi connectivity index (χ0n) is 12.0. The molecule has 2 rings (SSSR count). The first-order chi connectivity index (χ1) is 10.9. The number of hydrogen-bond donors (Lipinski definition) is 2. The number of aryl methyl sites for hydroxylation is 1. The number of nitro benzene ring substituents is 2. The van der Waals surface area contributed by atoms with Gasteiger partial charge in [-0.1, -0.05) is 12.1 Å². The number of phenols is 1. The Morgan fingerprint density at radius 3 is 2.22 bits per heavy atom. The van der Waals surface area contributed by atoms with Crippen molar-refractivity contribution in [3.8, 4) is 5.75 Å². The van der Waals surface area contributed by atoms with Crippen molar-refractivity contribution in [3.05, 3.63) is 67.8 Å². The van der Waals surface area contributed by atoms with E-state index in [1.807, 2.05) is 0 Å². The number of phenolic OH excluding ortho intramolecular Hbond substituents is 1. The Hall–Kier alpha value is -3.49. The third-order valence-corrected chi connectivity index (χ3v) is 2.95. The van der Waals surface area contributed by atoms with Crippen LogP contribution in [-0.2, 0) is 0 Å². The number of anilines is 1. The van der Waals surface area contributed by atoms with Gasteiger partial charge in [0.05, 0.1) is 16.1 Å². The van der Waals surface area contributed by atoms with Crippen molar-refractivity contribution in [3.63, 3.8) is 0 Å². The van der Waals surface area contributed by atoms with Crippen molar-refractivity contribution in [2.75, 3.05) is 5.43 Å². The summed E-state index contributed by atoms with van der Waals surface area (Å²) in [7, 11) is 0. The zero-order valence-corrected chi connectivity index (χ0v) is 12.0. The molecule has 9 heteroatoms. The van der Waals surface area contributed by atoms with Crippen LogP contribution in [0, 0.1) is 27.2 Å². The van der Waals surface area contributed by atoms with Gasteiger partial charge in [0.1, 0.15) is 5.75 Å². The van der Waals surface area contributed by atoms with Gasteiger partial charge in [-0.3, -0.25) is 25.7 Å². The van der Waals surface area contributed by atoms with Crippen LogP contribution in [0.5, 0.6) is 5.75 Å². The van der Waals surface area contributed by atoms with Crippen LogP contribution in [-0.4, -0.2) is 21.2 Å². The molecule has 0 aliphatic rings. The molecule has 0 bridgehead atoms. The molecule has 23 heavy (non-hydrogen) atoms. The maximum absolute atomic E-state index is 11.1. The number of aromatic hydroxyl groups is 1. The van der Waals surface area contributed by atoms with Gasteiger partial charge >= 0.3 is 11.4 Å². The number of hydrazone groups is 1. The highest BCUT2D eigenvalue weighted by Gasteiger charge is 2.25. The number of benzene rings is 2. The molecule has 0 saturated heterocycles. The summed E-state index contributed by atoms with van der Waals surface area (Å²) in [6, 6.07) is 8.72. The average molecular weight is 316 g/mol. The maximum Gasteiger partial charge on any atom is 0.301 e. The van der Waals surface area contributed by atoms with Crippen molar-refractivity contribution < 1.29 is 15.0 Å². The summed E-state index contributed by atoms with van der Waals surface area (Å²) in [5.41, 5.74) is 1.84. The first-order valence-corrected chi connectivity index (χ1v) is 6.40. The van der Waals surface area contributed by atoms with Crippen LogP contribution in [0.25, 0.3) is 0 Å². The van der Waals surface area contributed by atoms with E-state index >= 15 is 0 Å². The van der Waals surface area contributed by atoms with Gasteiger partial charge in [-0.2, -0.15) is 5.10 Å². The van der Waals surface area contributed by atoms with Crippen molar-refractivity contribution in [2.24, 2.45) is 5.10 Å². The maximum atomic E-state index is 11.1. The summed E-state index contributed by atoms with van der Waals surface area (Å²) in [6.07, 6.45) is 1.21. The normalized spacial score (nSPS) is 10.7. The summed E-state index contributed by atoms with van der Waals surface area (Å²) in [6.45, 7) is 1.52. The van der Waals surface area contributed by atoms with E-state index in [-0.39, 0.29) is 11.4 Å². The zero-order chi connectivity index (χ0) is 17.0. The molecule has 0 spiro atoms. The summed E-state index contributed by atoms with van der Waals surface area (Å²) < 4.78 is 0. The number of nitrogens with zero attached hydrogens (tertiary/aromatic N) is 3. The molecule has 0 unspecified atom stereocenters. The van der Waals surface area contributed by atoms with E-state index in [9.17, 15) is 25.3 Å². The van der Waals surface area contributed by atoms with Crippen LogP contribution in [0.3, 0.4) is 0 Å². The van der Waals surface area contributed by atoms with Crippen LogP contribution in [0.1, 0.15) is 11.1 Å². The molecule has 2 aromatic carbocycles. The number of nitrogens with one attached hydrogen (secondary N) is 1. The fourth-order valence-electron chi connectivity index (χ4n) is 1.91. The van der Waals surface area contributed by atoms with Gasteiger partial charge in [0.15, 0.2) is 0 Å². The Bertz CT molecular complexity index is 768. The Kier molecular flexibility index (Phi) is 4.50. The SMILES string of the molecule is Cc1cc([N+](=O)[O-])c(N/N=C/c2ccccc2O)c([N+](=O)[O-])c1. The molecule has 2 N–H and O–H groups in total. The lowest BCUT2D eigenvalue weighted by atomic mass is 10.1. The predicted molar refractivity (Wildman–Crippen MR) is 83.8 cm³/mol. The van der Waals surface area contributed by atoms with Crippen LogP contribution >= 0.6 is 0 Å². The largest absolute Gasteiger partial charge is 0.507 e. The quantitative estimate of drug-likeness (QED) is 0.495. The molecule has 0 aromatic heterocycles. The molecule has 0 heterocycles. The topological polar surface area (TPSA) is 131 Å². The van der Waals surface area contributed by atoms with E-state index in [1.165, 1.54) is 31.3 Å². The Morgan fingerprint density at radius 2 is 1.70 bits per heavy atom. The summed E-state index contributed by atoms with van der Waals surface area (Å²) in [5.74, 6) is -0.0362. The molecular formula is C14H12N4O5. The molecule has 0 aliphatic heterocycles. The van der Waals surface area contributed by atoms with Crippen molar-refractivity contribution in [1.29, 1.82) is 0 Å². The molecule has 2 aromatic rings. The van der Waals surface area contributed by atoms with Gasteiger partial charge in [-0.15, -0.1) is 0 Å². The van der Waals surface area contributed by atoms with Crippen LogP contribution in [0.4, 0.5) is 17.1 Å². The van der Waals surface area contributed by atoms with E-state index in [2.05, 4.69) is 10.5 Å². The smallest absolute Gasteiger partial charge is 0.301 e. The minimum atomic E-state index is -0.724. The first kappa shape index (κ1) is 15.9. The second kappa shape index (κ2) is 6.52. The molecule has 0 aliphatic carbocycles. The van der Waals surface area contributed by atoms with Gasteiger partial charge in [0, 0.05) is 17.7 Å². The summed E-state index contributed by atoms with van der Waals surface area (Å²) in [4.78, 5) is 20.7. The molecule has 9 nitrogen and oxygen atoms in total. The van der Waals surface area contributed by atoms with E-state index in [0.29, 0.717) is 11.1 Å². The lowest BCUT2D eigenvalue weighted by molar-refractivity contribution is -0.392.